The Kier molecular flexibility index (Phi) is 6.89. The van der Waals surface area contributed by atoms with Crippen LogP contribution in [0, 0.1) is 0 Å². The number of rotatable bonds is 7. The number of nitrogens with zero attached hydrogens (tertiary/aromatic N) is 1. The fourth-order valence-corrected chi connectivity index (χ4v) is 2.71. The smallest absolute Gasteiger partial charge is 0.417 e. The molecule has 0 saturated carbocycles. The highest BCUT2D eigenvalue weighted by Crippen LogP contribution is 2.21. The molecule has 138 valence electrons. The van der Waals surface area contributed by atoms with Gasteiger partial charge in [0.05, 0.1) is 25.9 Å². The van der Waals surface area contributed by atoms with E-state index in [-0.39, 0.29) is 6.61 Å². The van der Waals surface area contributed by atoms with Gasteiger partial charge in [-0.15, -0.1) is 0 Å². The van der Waals surface area contributed by atoms with Crippen molar-refractivity contribution in [3.63, 3.8) is 0 Å². The Bertz CT molecular complexity index is 561. The van der Waals surface area contributed by atoms with Crippen LogP contribution in [0.25, 0.3) is 0 Å². The average Bonchev–Trinajstić information content (AvgIpc) is 3.19. The number of carbonyl (C=O) groups is 2. The molecule has 0 unspecified atom stereocenters. The molecule has 8 heteroatoms. The highest BCUT2D eigenvalue weighted by Gasteiger charge is 2.46. The van der Waals surface area contributed by atoms with E-state index in [9.17, 15) is 24.9 Å². The summed E-state index contributed by atoms with van der Waals surface area (Å²) in [6, 6.07) is 8.29. The van der Waals surface area contributed by atoms with E-state index in [1.165, 1.54) is 0 Å². The van der Waals surface area contributed by atoms with Gasteiger partial charge in [0, 0.05) is 0 Å². The number of hydrogen-bond donors (Lipinski definition) is 4. The van der Waals surface area contributed by atoms with Crippen molar-refractivity contribution in [1.29, 1.82) is 0 Å². The maximum absolute atomic E-state index is 12.8. The lowest BCUT2D eigenvalue weighted by Gasteiger charge is -2.38. The standard InChI is InChI=1S/C17H24N2O6/c20-10-17(11-21,12-22)19(15(23)14-7-4-8-18-14)16(24)25-9-13-5-2-1-3-6-13/h1-3,5-6,14,18,20-22H,4,7-12H2/t14-/m1/s1. The van der Waals surface area contributed by atoms with Crippen molar-refractivity contribution in [2.75, 3.05) is 26.4 Å². The number of hydrogen-bond acceptors (Lipinski definition) is 7. The highest BCUT2D eigenvalue weighted by molar-refractivity contribution is 5.96. The predicted octanol–water partition coefficient (Wildman–Crippen LogP) is -0.380. The Morgan fingerprint density at radius 1 is 1.16 bits per heavy atom. The molecule has 4 N–H and O–H groups in total. The molecule has 1 aromatic carbocycles. The molecule has 0 aromatic heterocycles. The van der Waals surface area contributed by atoms with Crippen LogP contribution in [0.4, 0.5) is 4.79 Å². The lowest BCUT2D eigenvalue weighted by Crippen LogP contribution is -2.64. The van der Waals surface area contributed by atoms with Gasteiger partial charge >= 0.3 is 6.09 Å². The number of amides is 2. The van der Waals surface area contributed by atoms with Crippen LogP contribution in [0.3, 0.4) is 0 Å². The van der Waals surface area contributed by atoms with E-state index < -0.39 is 43.4 Å². The number of aliphatic hydroxyl groups is 3. The molecular formula is C17H24N2O6. The number of imide groups is 1. The summed E-state index contributed by atoms with van der Waals surface area (Å²) in [5.41, 5.74) is -1.10. The zero-order valence-electron chi connectivity index (χ0n) is 13.9. The molecule has 1 saturated heterocycles. The first-order valence-electron chi connectivity index (χ1n) is 8.18. The highest BCUT2D eigenvalue weighted by atomic mass is 16.6. The lowest BCUT2D eigenvalue weighted by atomic mass is 9.99. The monoisotopic (exact) mass is 352 g/mol. The Morgan fingerprint density at radius 3 is 2.32 bits per heavy atom. The van der Waals surface area contributed by atoms with Crippen LogP contribution < -0.4 is 5.32 Å². The molecule has 1 fully saturated rings. The molecule has 2 amide bonds. The third-order valence-corrected chi connectivity index (χ3v) is 4.32. The van der Waals surface area contributed by atoms with Gasteiger partial charge < -0.3 is 25.4 Å². The van der Waals surface area contributed by atoms with Crippen LogP contribution in [-0.2, 0) is 16.1 Å². The first-order valence-corrected chi connectivity index (χ1v) is 8.18. The fourth-order valence-electron chi connectivity index (χ4n) is 2.71. The number of aliphatic hydroxyl groups excluding tert-OH is 3. The first-order chi connectivity index (χ1) is 12.1. The largest absolute Gasteiger partial charge is 0.444 e. The minimum atomic E-state index is -1.82. The Morgan fingerprint density at radius 2 is 1.80 bits per heavy atom. The molecular weight excluding hydrogens is 328 g/mol. The average molecular weight is 352 g/mol. The third-order valence-electron chi connectivity index (χ3n) is 4.32. The van der Waals surface area contributed by atoms with Gasteiger partial charge in [0.25, 0.3) is 0 Å². The van der Waals surface area contributed by atoms with Gasteiger partial charge in [-0.3, -0.25) is 4.79 Å². The second-order valence-electron chi connectivity index (χ2n) is 6.06. The maximum Gasteiger partial charge on any atom is 0.417 e. The van der Waals surface area contributed by atoms with Crippen molar-refractivity contribution in [1.82, 2.24) is 10.2 Å². The minimum Gasteiger partial charge on any atom is -0.444 e. The number of nitrogens with one attached hydrogen (secondary N) is 1. The molecule has 0 bridgehead atoms. The molecule has 2 rings (SSSR count). The topological polar surface area (TPSA) is 119 Å². The SMILES string of the molecule is O=C(OCc1ccccc1)N(C(=O)[C@H]1CCCN1)C(CO)(CO)CO. The normalized spacial score (nSPS) is 17.3. The van der Waals surface area contributed by atoms with E-state index in [0.29, 0.717) is 17.9 Å². The number of ether oxygens (including phenoxy) is 1. The lowest BCUT2D eigenvalue weighted by molar-refractivity contribution is -0.143. The van der Waals surface area contributed by atoms with Crippen molar-refractivity contribution in [2.24, 2.45) is 0 Å². The molecule has 1 aliphatic rings. The molecule has 0 radical (unpaired) electrons. The molecule has 0 spiro atoms. The van der Waals surface area contributed by atoms with Crippen LogP contribution in [0.1, 0.15) is 18.4 Å². The summed E-state index contributed by atoms with van der Waals surface area (Å²) in [6.07, 6.45) is 0.285. The number of benzene rings is 1. The molecule has 0 aliphatic carbocycles. The van der Waals surface area contributed by atoms with E-state index in [1.54, 1.807) is 24.3 Å². The summed E-state index contributed by atoms with van der Waals surface area (Å²) in [6.45, 7) is -1.77. The van der Waals surface area contributed by atoms with Crippen molar-refractivity contribution < 1.29 is 29.6 Å². The quantitative estimate of drug-likeness (QED) is 0.528. The predicted molar refractivity (Wildman–Crippen MR) is 88.5 cm³/mol. The molecule has 1 atom stereocenters. The minimum absolute atomic E-state index is 0.0695. The Balaban J connectivity index is 2.20. The second kappa shape index (κ2) is 8.91. The summed E-state index contributed by atoms with van der Waals surface area (Å²) >= 11 is 0. The van der Waals surface area contributed by atoms with Crippen LogP contribution in [0.2, 0.25) is 0 Å². The summed E-state index contributed by atoms with van der Waals surface area (Å²) in [7, 11) is 0. The van der Waals surface area contributed by atoms with Gasteiger partial charge in [-0.05, 0) is 24.9 Å². The molecule has 1 aromatic rings. The van der Waals surface area contributed by atoms with Crippen LogP contribution in [0.5, 0.6) is 0 Å². The zero-order valence-corrected chi connectivity index (χ0v) is 13.9. The van der Waals surface area contributed by atoms with Gasteiger partial charge in [-0.2, -0.15) is 0 Å². The summed E-state index contributed by atoms with van der Waals surface area (Å²) in [5.74, 6) is -0.632. The van der Waals surface area contributed by atoms with Gasteiger partial charge in [0.15, 0.2) is 0 Å². The van der Waals surface area contributed by atoms with Crippen LogP contribution >= 0.6 is 0 Å². The molecule has 1 heterocycles. The van der Waals surface area contributed by atoms with E-state index in [1.807, 2.05) is 6.07 Å². The van der Waals surface area contributed by atoms with Crippen LogP contribution in [-0.4, -0.2) is 70.2 Å². The van der Waals surface area contributed by atoms with Gasteiger partial charge in [-0.1, -0.05) is 30.3 Å². The Hall–Kier alpha value is -2.00. The van der Waals surface area contributed by atoms with E-state index in [4.69, 9.17) is 4.74 Å². The van der Waals surface area contributed by atoms with E-state index in [2.05, 4.69) is 5.32 Å². The zero-order chi connectivity index (χ0) is 18.3. The van der Waals surface area contributed by atoms with Crippen molar-refractivity contribution >= 4 is 12.0 Å². The van der Waals surface area contributed by atoms with Gasteiger partial charge in [0.1, 0.15) is 12.1 Å². The molecule has 8 nitrogen and oxygen atoms in total. The van der Waals surface area contributed by atoms with Crippen molar-refractivity contribution in [3.05, 3.63) is 35.9 Å². The maximum atomic E-state index is 12.8. The van der Waals surface area contributed by atoms with Crippen molar-refractivity contribution in [3.8, 4) is 0 Å². The van der Waals surface area contributed by atoms with Gasteiger partial charge in [-0.25, -0.2) is 9.69 Å². The summed E-state index contributed by atoms with van der Waals surface area (Å²) < 4.78 is 5.19. The van der Waals surface area contributed by atoms with E-state index in [0.717, 1.165) is 12.0 Å². The second-order valence-corrected chi connectivity index (χ2v) is 6.06. The molecule has 1 aliphatic heterocycles. The third kappa shape index (κ3) is 4.35. The summed E-state index contributed by atoms with van der Waals surface area (Å²) in [4.78, 5) is 26.0. The first kappa shape index (κ1) is 19.3. The van der Waals surface area contributed by atoms with Crippen LogP contribution in [0.15, 0.2) is 30.3 Å². The van der Waals surface area contributed by atoms with Crippen molar-refractivity contribution in [2.45, 2.75) is 31.0 Å². The van der Waals surface area contributed by atoms with Gasteiger partial charge in [0.2, 0.25) is 5.91 Å². The number of carbonyl (C=O) groups excluding carboxylic acids is 2. The molecule has 25 heavy (non-hydrogen) atoms. The Labute approximate surface area is 146 Å². The van der Waals surface area contributed by atoms with E-state index >= 15 is 0 Å². The fraction of sp³-hybridized carbons (Fsp3) is 0.529. The summed E-state index contributed by atoms with van der Waals surface area (Å²) in [5, 5.41) is 31.9.